The van der Waals surface area contributed by atoms with Crippen molar-refractivity contribution >= 4 is 40.5 Å². The molecule has 0 radical (unpaired) electrons. The van der Waals surface area contributed by atoms with Gasteiger partial charge in [0.05, 0.1) is 5.75 Å². The molecule has 0 atom stereocenters. The predicted molar refractivity (Wildman–Crippen MR) is 66.4 cm³/mol. The number of hydrogen-bond acceptors (Lipinski definition) is 5. The molecule has 6 heteroatoms. The van der Waals surface area contributed by atoms with Gasteiger partial charge in [0.2, 0.25) is 0 Å². The average molecular weight is 271 g/mol. The SMILES string of the molecule is O=C(CSc1nncs1)c1ccc(Cl)cc1. The van der Waals surface area contributed by atoms with Crippen LogP contribution in [0.2, 0.25) is 5.02 Å². The number of Topliss-reactive ketones (excluding diaryl/α,β-unsaturated/α-hetero) is 1. The van der Waals surface area contributed by atoms with Crippen molar-refractivity contribution in [3.8, 4) is 0 Å². The van der Waals surface area contributed by atoms with Crippen LogP contribution in [0, 0.1) is 0 Å². The van der Waals surface area contributed by atoms with Crippen molar-refractivity contribution in [3.63, 3.8) is 0 Å². The van der Waals surface area contributed by atoms with Crippen molar-refractivity contribution in [3.05, 3.63) is 40.4 Å². The van der Waals surface area contributed by atoms with E-state index in [1.54, 1.807) is 29.8 Å². The number of aromatic nitrogens is 2. The van der Waals surface area contributed by atoms with E-state index in [-0.39, 0.29) is 5.78 Å². The number of ketones is 1. The summed E-state index contributed by atoms with van der Waals surface area (Å²) in [5, 5.41) is 8.19. The minimum atomic E-state index is 0.0665. The van der Waals surface area contributed by atoms with Gasteiger partial charge >= 0.3 is 0 Å². The van der Waals surface area contributed by atoms with E-state index in [2.05, 4.69) is 10.2 Å². The average Bonchev–Trinajstić information content (AvgIpc) is 2.80. The number of rotatable bonds is 4. The molecule has 0 aliphatic rings. The number of hydrogen-bond donors (Lipinski definition) is 0. The quantitative estimate of drug-likeness (QED) is 0.632. The summed E-state index contributed by atoms with van der Waals surface area (Å²) in [5.41, 5.74) is 2.32. The molecule has 0 aliphatic heterocycles. The van der Waals surface area contributed by atoms with Gasteiger partial charge in [-0.1, -0.05) is 34.7 Å². The van der Waals surface area contributed by atoms with Crippen LogP contribution in [-0.2, 0) is 0 Å². The second kappa shape index (κ2) is 5.43. The van der Waals surface area contributed by atoms with Crippen LogP contribution < -0.4 is 0 Å². The molecule has 2 aromatic rings. The molecule has 0 fully saturated rings. The summed E-state index contributed by atoms with van der Waals surface area (Å²) >= 11 is 8.57. The molecule has 1 aromatic heterocycles. The zero-order chi connectivity index (χ0) is 11.4. The standard InChI is InChI=1S/C10H7ClN2OS2/c11-8-3-1-7(2-4-8)9(14)5-15-10-13-12-6-16-10/h1-4,6H,5H2. The van der Waals surface area contributed by atoms with Gasteiger partial charge in [-0.3, -0.25) is 4.79 Å². The highest BCUT2D eigenvalue weighted by Crippen LogP contribution is 2.20. The van der Waals surface area contributed by atoms with Crippen molar-refractivity contribution in [2.24, 2.45) is 0 Å². The fourth-order valence-corrected chi connectivity index (χ4v) is 2.58. The van der Waals surface area contributed by atoms with E-state index in [0.29, 0.717) is 16.3 Å². The van der Waals surface area contributed by atoms with Crippen LogP contribution in [0.15, 0.2) is 34.1 Å². The predicted octanol–water partition coefficient (Wildman–Crippen LogP) is 3.17. The van der Waals surface area contributed by atoms with E-state index in [0.717, 1.165) is 4.34 Å². The Morgan fingerprint density at radius 3 is 2.75 bits per heavy atom. The molecule has 2 rings (SSSR count). The highest BCUT2D eigenvalue weighted by Gasteiger charge is 2.07. The summed E-state index contributed by atoms with van der Waals surface area (Å²) in [6.07, 6.45) is 0. The third kappa shape index (κ3) is 3.04. The maximum absolute atomic E-state index is 11.7. The van der Waals surface area contributed by atoms with Crippen molar-refractivity contribution in [1.82, 2.24) is 10.2 Å². The Labute approximate surface area is 106 Å². The Bertz CT molecular complexity index is 470. The fourth-order valence-electron chi connectivity index (χ4n) is 1.07. The van der Waals surface area contributed by atoms with Gasteiger partial charge in [-0.15, -0.1) is 10.2 Å². The number of benzene rings is 1. The second-order valence-electron chi connectivity index (χ2n) is 2.92. The number of thioether (sulfide) groups is 1. The largest absolute Gasteiger partial charge is 0.293 e. The lowest BCUT2D eigenvalue weighted by atomic mass is 10.1. The molecule has 1 heterocycles. The maximum Gasteiger partial charge on any atom is 0.174 e. The third-order valence-corrected chi connectivity index (χ3v) is 3.95. The van der Waals surface area contributed by atoms with Crippen LogP contribution in [0.4, 0.5) is 0 Å². The number of nitrogens with zero attached hydrogens (tertiary/aromatic N) is 2. The first kappa shape index (κ1) is 11.6. The Morgan fingerprint density at radius 1 is 1.38 bits per heavy atom. The third-order valence-electron chi connectivity index (χ3n) is 1.83. The molecule has 0 aliphatic carbocycles. The summed E-state index contributed by atoms with van der Waals surface area (Å²) < 4.78 is 0.808. The van der Waals surface area contributed by atoms with Gasteiger partial charge < -0.3 is 0 Å². The molecule has 16 heavy (non-hydrogen) atoms. The molecular weight excluding hydrogens is 264 g/mol. The Kier molecular flexibility index (Phi) is 3.93. The van der Waals surface area contributed by atoms with Crippen LogP contribution in [0.5, 0.6) is 0 Å². The van der Waals surface area contributed by atoms with Gasteiger partial charge in [-0.2, -0.15) is 0 Å². The molecule has 0 amide bonds. The molecule has 0 N–H and O–H groups in total. The topological polar surface area (TPSA) is 42.9 Å². The molecular formula is C10H7ClN2OS2. The minimum Gasteiger partial charge on any atom is -0.293 e. The van der Waals surface area contributed by atoms with E-state index >= 15 is 0 Å². The van der Waals surface area contributed by atoms with Gasteiger partial charge in [-0.05, 0) is 24.3 Å². The van der Waals surface area contributed by atoms with Crippen LogP contribution >= 0.6 is 34.7 Å². The Morgan fingerprint density at radius 2 is 2.12 bits per heavy atom. The zero-order valence-electron chi connectivity index (χ0n) is 8.09. The number of carbonyl (C=O) groups excluding carboxylic acids is 1. The molecule has 0 spiro atoms. The highest BCUT2D eigenvalue weighted by atomic mass is 35.5. The summed E-state index contributed by atoms with van der Waals surface area (Å²) in [6, 6.07) is 6.88. The fraction of sp³-hybridized carbons (Fsp3) is 0.100. The molecule has 0 saturated heterocycles. The van der Waals surface area contributed by atoms with Crippen LogP contribution in [-0.4, -0.2) is 21.7 Å². The first-order valence-corrected chi connectivity index (χ1v) is 6.68. The monoisotopic (exact) mass is 270 g/mol. The highest BCUT2D eigenvalue weighted by molar-refractivity contribution is 8.01. The lowest BCUT2D eigenvalue weighted by Crippen LogP contribution is -2.01. The van der Waals surface area contributed by atoms with E-state index in [1.807, 2.05) is 0 Å². The van der Waals surface area contributed by atoms with Gasteiger partial charge in [-0.25, -0.2) is 0 Å². The van der Waals surface area contributed by atoms with Crippen LogP contribution in [0.25, 0.3) is 0 Å². The van der Waals surface area contributed by atoms with Gasteiger partial charge in [0.15, 0.2) is 10.1 Å². The molecule has 0 saturated carbocycles. The second-order valence-corrected chi connectivity index (χ2v) is 5.42. The van der Waals surface area contributed by atoms with Gasteiger partial charge in [0.1, 0.15) is 5.51 Å². The van der Waals surface area contributed by atoms with Crippen molar-refractivity contribution in [2.75, 3.05) is 5.75 Å². The molecule has 1 aromatic carbocycles. The molecule has 0 unspecified atom stereocenters. The van der Waals surface area contributed by atoms with E-state index in [4.69, 9.17) is 11.6 Å². The summed E-state index contributed by atoms with van der Waals surface area (Å²) in [4.78, 5) is 11.7. The normalized spacial score (nSPS) is 10.3. The molecule has 3 nitrogen and oxygen atoms in total. The molecule has 82 valence electrons. The Hall–Kier alpha value is -0.910. The van der Waals surface area contributed by atoms with Crippen LogP contribution in [0.3, 0.4) is 0 Å². The lowest BCUT2D eigenvalue weighted by molar-refractivity contribution is 0.102. The Balaban J connectivity index is 1.95. The van der Waals surface area contributed by atoms with E-state index in [1.165, 1.54) is 23.1 Å². The van der Waals surface area contributed by atoms with Crippen molar-refractivity contribution in [1.29, 1.82) is 0 Å². The maximum atomic E-state index is 11.7. The number of halogens is 1. The zero-order valence-corrected chi connectivity index (χ0v) is 10.5. The summed E-state index contributed by atoms with van der Waals surface area (Å²) in [6.45, 7) is 0. The lowest BCUT2D eigenvalue weighted by Gasteiger charge is -1.98. The van der Waals surface area contributed by atoms with Crippen LogP contribution in [0.1, 0.15) is 10.4 Å². The summed E-state index contributed by atoms with van der Waals surface area (Å²) in [5.74, 6) is 0.438. The van der Waals surface area contributed by atoms with E-state index in [9.17, 15) is 4.79 Å². The van der Waals surface area contributed by atoms with Gasteiger partial charge in [0, 0.05) is 10.6 Å². The first-order valence-electron chi connectivity index (χ1n) is 4.43. The molecule has 0 bridgehead atoms. The summed E-state index contributed by atoms with van der Waals surface area (Å²) in [7, 11) is 0. The minimum absolute atomic E-state index is 0.0665. The van der Waals surface area contributed by atoms with Crippen molar-refractivity contribution < 1.29 is 4.79 Å². The first-order chi connectivity index (χ1) is 7.75. The van der Waals surface area contributed by atoms with E-state index < -0.39 is 0 Å². The van der Waals surface area contributed by atoms with Gasteiger partial charge in [0.25, 0.3) is 0 Å². The smallest absolute Gasteiger partial charge is 0.174 e. The number of carbonyl (C=O) groups is 1. The van der Waals surface area contributed by atoms with Crippen molar-refractivity contribution in [2.45, 2.75) is 4.34 Å².